The SMILES string of the molecule is Cc1cc(C#N)cc(C)c1Oc1nc(NC2CCC(NS(=O)(=O)c3ccc(C#N)cc3)CC2)nc2ccsc12. The van der Waals surface area contributed by atoms with Crippen LogP contribution in [0.1, 0.15) is 47.9 Å². The van der Waals surface area contributed by atoms with Gasteiger partial charge < -0.3 is 10.1 Å². The summed E-state index contributed by atoms with van der Waals surface area (Å²) in [5.41, 5.74) is 3.48. The van der Waals surface area contributed by atoms with Gasteiger partial charge in [0.2, 0.25) is 21.9 Å². The summed E-state index contributed by atoms with van der Waals surface area (Å²) in [6, 6.07) is 15.5. The number of hydrogen-bond acceptors (Lipinski definition) is 9. The maximum absolute atomic E-state index is 12.8. The largest absolute Gasteiger partial charge is 0.437 e. The summed E-state index contributed by atoms with van der Waals surface area (Å²) in [5.74, 6) is 1.59. The molecule has 2 N–H and O–H groups in total. The number of nitriles is 2. The molecule has 4 aromatic rings. The van der Waals surface area contributed by atoms with Crippen molar-refractivity contribution in [1.82, 2.24) is 14.7 Å². The first-order chi connectivity index (χ1) is 18.8. The summed E-state index contributed by atoms with van der Waals surface area (Å²) in [6.45, 7) is 3.81. The lowest BCUT2D eigenvalue weighted by atomic mass is 9.92. The molecule has 2 aromatic carbocycles. The molecule has 0 bridgehead atoms. The highest BCUT2D eigenvalue weighted by molar-refractivity contribution is 7.89. The quantitative estimate of drug-likeness (QED) is 0.301. The molecule has 2 aromatic heterocycles. The van der Waals surface area contributed by atoms with Gasteiger partial charge in [0, 0.05) is 12.1 Å². The minimum Gasteiger partial charge on any atom is -0.437 e. The fraction of sp³-hybridized carbons (Fsp3) is 0.286. The highest BCUT2D eigenvalue weighted by atomic mass is 32.2. The van der Waals surface area contributed by atoms with E-state index in [1.165, 1.54) is 35.6 Å². The number of nitrogens with one attached hydrogen (secondary N) is 2. The molecule has 0 amide bonds. The fourth-order valence-corrected chi connectivity index (χ4v) is 6.84. The van der Waals surface area contributed by atoms with Crippen LogP contribution in [0.25, 0.3) is 10.2 Å². The zero-order valence-corrected chi connectivity index (χ0v) is 23.1. The molecule has 9 nitrogen and oxygen atoms in total. The Labute approximate surface area is 231 Å². The Hall–Kier alpha value is -4.03. The van der Waals surface area contributed by atoms with Gasteiger partial charge >= 0.3 is 0 Å². The van der Waals surface area contributed by atoms with Crippen molar-refractivity contribution in [1.29, 1.82) is 10.5 Å². The number of hydrogen-bond donors (Lipinski definition) is 2. The van der Waals surface area contributed by atoms with Gasteiger partial charge in [-0.1, -0.05) is 0 Å². The fourth-order valence-electron chi connectivity index (χ4n) is 4.78. The lowest BCUT2D eigenvalue weighted by Gasteiger charge is -2.29. The normalized spacial score (nSPS) is 17.3. The highest BCUT2D eigenvalue weighted by Gasteiger charge is 2.26. The van der Waals surface area contributed by atoms with Crippen LogP contribution in [0, 0.1) is 36.5 Å². The maximum atomic E-state index is 12.8. The number of benzene rings is 2. The molecule has 5 rings (SSSR count). The number of aryl methyl sites for hydroxylation is 2. The molecule has 0 saturated heterocycles. The van der Waals surface area contributed by atoms with Crippen molar-refractivity contribution in [2.75, 3.05) is 5.32 Å². The molecule has 1 saturated carbocycles. The summed E-state index contributed by atoms with van der Waals surface area (Å²) in [6.07, 6.45) is 2.83. The van der Waals surface area contributed by atoms with Gasteiger partial charge in [-0.05, 0) is 98.5 Å². The lowest BCUT2D eigenvalue weighted by Crippen LogP contribution is -2.40. The molecule has 1 aliphatic carbocycles. The van der Waals surface area contributed by atoms with Crippen molar-refractivity contribution in [2.45, 2.75) is 56.5 Å². The molecule has 2 heterocycles. The number of anilines is 1. The number of rotatable bonds is 7. The summed E-state index contributed by atoms with van der Waals surface area (Å²) in [5, 5.41) is 23.6. The number of sulfonamides is 1. The van der Waals surface area contributed by atoms with Crippen LogP contribution in [0.15, 0.2) is 52.7 Å². The van der Waals surface area contributed by atoms with E-state index in [2.05, 4.69) is 26.1 Å². The highest BCUT2D eigenvalue weighted by Crippen LogP contribution is 2.36. The van der Waals surface area contributed by atoms with Crippen LogP contribution in [0.2, 0.25) is 0 Å². The molecule has 0 unspecified atom stereocenters. The monoisotopic (exact) mass is 558 g/mol. The Morgan fingerprint density at radius 1 is 0.923 bits per heavy atom. The summed E-state index contributed by atoms with van der Waals surface area (Å²) in [4.78, 5) is 9.51. The van der Waals surface area contributed by atoms with Gasteiger partial charge in [-0.25, -0.2) is 18.1 Å². The summed E-state index contributed by atoms with van der Waals surface area (Å²) >= 11 is 1.50. The maximum Gasteiger partial charge on any atom is 0.242 e. The van der Waals surface area contributed by atoms with E-state index in [4.69, 9.17) is 10.00 Å². The molecule has 198 valence electrons. The first-order valence-electron chi connectivity index (χ1n) is 12.5. The van der Waals surface area contributed by atoms with E-state index < -0.39 is 10.0 Å². The third-order valence-electron chi connectivity index (χ3n) is 6.74. The van der Waals surface area contributed by atoms with Gasteiger partial charge in [-0.3, -0.25) is 0 Å². The third kappa shape index (κ3) is 5.86. The van der Waals surface area contributed by atoms with Gasteiger partial charge in [0.25, 0.3) is 0 Å². The van der Waals surface area contributed by atoms with Crippen LogP contribution in [0.4, 0.5) is 5.95 Å². The van der Waals surface area contributed by atoms with Gasteiger partial charge in [0.1, 0.15) is 10.4 Å². The third-order valence-corrected chi connectivity index (χ3v) is 9.16. The number of fused-ring (bicyclic) bond motifs is 1. The van der Waals surface area contributed by atoms with E-state index in [9.17, 15) is 13.7 Å². The van der Waals surface area contributed by atoms with Crippen molar-refractivity contribution in [3.63, 3.8) is 0 Å². The first-order valence-corrected chi connectivity index (χ1v) is 14.9. The Balaban J connectivity index is 1.26. The predicted octanol–water partition coefficient (Wildman–Crippen LogP) is 5.55. The van der Waals surface area contributed by atoms with Crippen molar-refractivity contribution >= 4 is 37.5 Å². The number of thiophene rings is 1. The van der Waals surface area contributed by atoms with Crippen LogP contribution in [-0.2, 0) is 10.0 Å². The molecule has 1 fully saturated rings. The van der Waals surface area contributed by atoms with Gasteiger partial charge in [0.15, 0.2) is 0 Å². The van der Waals surface area contributed by atoms with E-state index in [1.54, 1.807) is 12.1 Å². The molecule has 39 heavy (non-hydrogen) atoms. The summed E-state index contributed by atoms with van der Waals surface area (Å²) in [7, 11) is -3.66. The van der Waals surface area contributed by atoms with Crippen molar-refractivity contribution < 1.29 is 13.2 Å². The van der Waals surface area contributed by atoms with Crippen LogP contribution in [0.5, 0.6) is 11.6 Å². The van der Waals surface area contributed by atoms with Crippen LogP contribution in [0.3, 0.4) is 0 Å². The zero-order chi connectivity index (χ0) is 27.6. The smallest absolute Gasteiger partial charge is 0.242 e. The number of nitrogens with zero attached hydrogens (tertiary/aromatic N) is 4. The molecular weight excluding hydrogens is 532 g/mol. The second kappa shape index (κ2) is 11.0. The molecule has 0 aliphatic heterocycles. The van der Waals surface area contributed by atoms with Crippen molar-refractivity contribution in [2.24, 2.45) is 0 Å². The van der Waals surface area contributed by atoms with Gasteiger partial charge in [-0.2, -0.15) is 15.5 Å². The second-order valence-corrected chi connectivity index (χ2v) is 12.2. The molecular formula is C28H26N6O3S2. The average Bonchev–Trinajstić information content (AvgIpc) is 3.40. The Morgan fingerprint density at radius 3 is 2.21 bits per heavy atom. The van der Waals surface area contributed by atoms with E-state index in [1.807, 2.05) is 31.4 Å². The topological polar surface area (TPSA) is 141 Å². The lowest BCUT2D eigenvalue weighted by molar-refractivity contribution is 0.386. The van der Waals surface area contributed by atoms with E-state index in [0.717, 1.165) is 34.2 Å². The van der Waals surface area contributed by atoms with Crippen molar-refractivity contribution in [3.05, 3.63) is 70.1 Å². The predicted molar refractivity (Wildman–Crippen MR) is 149 cm³/mol. The first kappa shape index (κ1) is 26.6. The van der Waals surface area contributed by atoms with E-state index in [-0.39, 0.29) is 17.0 Å². The number of aromatic nitrogens is 2. The Morgan fingerprint density at radius 2 is 1.56 bits per heavy atom. The standard InChI is InChI=1S/C28H26N6O3S2/c1-17-13-20(16-30)14-18(2)25(17)37-27-26-24(11-12-38-26)32-28(33-27)31-21-5-7-22(8-6-21)34-39(35,36)23-9-3-19(15-29)4-10-23/h3-4,9-14,21-22,34H,5-8H2,1-2H3,(H,31,32,33). The van der Waals surface area contributed by atoms with Gasteiger partial charge in [-0.15, -0.1) is 11.3 Å². The van der Waals surface area contributed by atoms with E-state index >= 15 is 0 Å². The van der Waals surface area contributed by atoms with Crippen LogP contribution < -0.4 is 14.8 Å². The molecule has 0 radical (unpaired) electrons. The molecule has 0 atom stereocenters. The van der Waals surface area contributed by atoms with Gasteiger partial charge in [0.05, 0.1) is 33.7 Å². The Bertz CT molecular complexity index is 1690. The number of ether oxygens (including phenoxy) is 1. The molecule has 11 heteroatoms. The molecule has 1 aliphatic rings. The zero-order valence-electron chi connectivity index (χ0n) is 21.4. The Kier molecular flexibility index (Phi) is 7.49. The molecule has 0 spiro atoms. The summed E-state index contributed by atoms with van der Waals surface area (Å²) < 4.78 is 35.5. The van der Waals surface area contributed by atoms with Crippen molar-refractivity contribution in [3.8, 4) is 23.8 Å². The second-order valence-electron chi connectivity index (χ2n) is 9.59. The van der Waals surface area contributed by atoms with Crippen LogP contribution in [-0.4, -0.2) is 30.5 Å². The minimum atomic E-state index is -3.66. The average molecular weight is 559 g/mol. The minimum absolute atomic E-state index is 0.0861. The van der Waals surface area contributed by atoms with Crippen LogP contribution >= 0.6 is 11.3 Å². The van der Waals surface area contributed by atoms with E-state index in [0.29, 0.717) is 41.5 Å².